The molecule has 2 heterocycles. The van der Waals surface area contributed by atoms with Gasteiger partial charge in [-0.15, -0.1) is 5.10 Å². The van der Waals surface area contributed by atoms with Crippen LogP contribution in [0.25, 0.3) is 0 Å². The number of nitrogens with zero attached hydrogens (tertiary/aromatic N) is 5. The highest BCUT2D eigenvalue weighted by Crippen LogP contribution is 2.24. The number of pyridine rings is 1. The average molecular weight is 277 g/mol. The van der Waals surface area contributed by atoms with Crippen molar-refractivity contribution in [2.24, 2.45) is 0 Å². The lowest BCUT2D eigenvalue weighted by Crippen LogP contribution is -2.07. The summed E-state index contributed by atoms with van der Waals surface area (Å²) in [7, 11) is 0. The van der Waals surface area contributed by atoms with Crippen LogP contribution in [0.3, 0.4) is 0 Å². The summed E-state index contributed by atoms with van der Waals surface area (Å²) >= 11 is 0. The highest BCUT2D eigenvalue weighted by Gasteiger charge is 2.19. The molecule has 2 rings (SSSR count). The van der Waals surface area contributed by atoms with Gasteiger partial charge in [0.15, 0.2) is 0 Å². The van der Waals surface area contributed by atoms with Crippen molar-refractivity contribution >= 4 is 5.69 Å². The number of rotatable bonds is 4. The molecule has 0 spiro atoms. The van der Waals surface area contributed by atoms with E-state index in [2.05, 4.69) is 15.3 Å². The van der Waals surface area contributed by atoms with E-state index in [0.717, 1.165) is 0 Å². The Balaban J connectivity index is 2.34. The zero-order valence-corrected chi connectivity index (χ0v) is 11.4. The van der Waals surface area contributed by atoms with Crippen LogP contribution in [0.4, 0.5) is 5.69 Å². The van der Waals surface area contributed by atoms with Gasteiger partial charge in [-0.05, 0) is 20.8 Å². The predicted molar refractivity (Wildman–Crippen MR) is 70.1 cm³/mol. The normalized spacial score (nSPS) is 12.4. The van der Waals surface area contributed by atoms with Gasteiger partial charge >= 0.3 is 0 Å². The van der Waals surface area contributed by atoms with Gasteiger partial charge in [-0.2, -0.15) is 0 Å². The third kappa shape index (κ3) is 2.64. The van der Waals surface area contributed by atoms with Gasteiger partial charge in [-0.3, -0.25) is 15.1 Å². The first kappa shape index (κ1) is 14.1. The summed E-state index contributed by atoms with van der Waals surface area (Å²) in [5, 5.41) is 28.1. The van der Waals surface area contributed by atoms with E-state index in [4.69, 9.17) is 0 Å². The molecule has 8 nitrogen and oxygen atoms in total. The second-order valence-electron chi connectivity index (χ2n) is 4.64. The second kappa shape index (κ2) is 5.33. The number of nitro groups is 1. The van der Waals surface area contributed by atoms with Crippen molar-refractivity contribution in [1.29, 1.82) is 0 Å². The van der Waals surface area contributed by atoms with Crippen LogP contribution in [-0.4, -0.2) is 30.0 Å². The zero-order chi connectivity index (χ0) is 14.9. The number of hydrogen-bond acceptors (Lipinski definition) is 6. The monoisotopic (exact) mass is 277 g/mol. The highest BCUT2D eigenvalue weighted by molar-refractivity contribution is 5.47. The predicted octanol–water partition coefficient (Wildman–Crippen LogP) is 1.30. The molecule has 1 N–H and O–H groups in total. The van der Waals surface area contributed by atoms with Crippen molar-refractivity contribution in [3.05, 3.63) is 45.0 Å². The molecule has 1 unspecified atom stereocenters. The number of hydrogen-bond donors (Lipinski definition) is 1. The number of aryl methyl sites for hydroxylation is 1. The van der Waals surface area contributed by atoms with Crippen LogP contribution in [0.5, 0.6) is 0 Å². The molecule has 0 amide bonds. The van der Waals surface area contributed by atoms with E-state index >= 15 is 0 Å². The fourth-order valence-corrected chi connectivity index (χ4v) is 1.94. The zero-order valence-electron chi connectivity index (χ0n) is 11.4. The molecule has 0 aliphatic heterocycles. The van der Waals surface area contributed by atoms with Gasteiger partial charge in [0.2, 0.25) is 0 Å². The van der Waals surface area contributed by atoms with Gasteiger partial charge in [0.05, 0.1) is 35.0 Å². The molecule has 0 aromatic carbocycles. The quantitative estimate of drug-likeness (QED) is 0.666. The fraction of sp³-hybridized carbons (Fsp3) is 0.417. The largest absolute Gasteiger partial charge is 0.387 e. The average Bonchev–Trinajstić information content (AvgIpc) is 2.81. The molecular formula is C12H15N5O3. The number of aliphatic hydroxyl groups is 1. The Morgan fingerprint density at radius 3 is 2.75 bits per heavy atom. The van der Waals surface area contributed by atoms with Crippen LogP contribution in [0.15, 0.2) is 12.4 Å². The molecule has 1 atom stereocenters. The van der Waals surface area contributed by atoms with Crippen molar-refractivity contribution in [3.63, 3.8) is 0 Å². The van der Waals surface area contributed by atoms with E-state index in [9.17, 15) is 15.2 Å². The molecule has 0 saturated carbocycles. The molecule has 8 heteroatoms. The Kier molecular flexibility index (Phi) is 3.75. The standard InChI is InChI=1S/C12H15N5O3/c1-7-4-13-10(8(2)12(7)17(19)20)5-16-6-11(9(3)18)14-15-16/h4,6,9,18H,5H2,1-3H3. The molecule has 0 saturated heterocycles. The minimum absolute atomic E-state index is 0.0749. The van der Waals surface area contributed by atoms with Gasteiger partial charge in [0.25, 0.3) is 5.69 Å². The van der Waals surface area contributed by atoms with Crippen molar-refractivity contribution in [2.45, 2.75) is 33.4 Å². The number of aliphatic hydroxyl groups excluding tert-OH is 1. The van der Waals surface area contributed by atoms with Crippen molar-refractivity contribution in [1.82, 2.24) is 20.0 Å². The minimum Gasteiger partial charge on any atom is -0.387 e. The summed E-state index contributed by atoms with van der Waals surface area (Å²) in [5.41, 5.74) is 2.13. The molecule has 0 aliphatic carbocycles. The molecule has 2 aromatic heterocycles. The Labute approximate surface area is 115 Å². The van der Waals surface area contributed by atoms with E-state index in [0.29, 0.717) is 22.5 Å². The molecule has 0 fully saturated rings. The highest BCUT2D eigenvalue weighted by atomic mass is 16.6. The van der Waals surface area contributed by atoms with E-state index in [-0.39, 0.29) is 12.2 Å². The maximum Gasteiger partial charge on any atom is 0.278 e. The van der Waals surface area contributed by atoms with Crippen molar-refractivity contribution in [2.75, 3.05) is 0 Å². The van der Waals surface area contributed by atoms with Crippen LogP contribution < -0.4 is 0 Å². The van der Waals surface area contributed by atoms with E-state index in [1.807, 2.05) is 0 Å². The first-order valence-corrected chi connectivity index (χ1v) is 6.07. The lowest BCUT2D eigenvalue weighted by molar-refractivity contribution is -0.386. The van der Waals surface area contributed by atoms with Crippen molar-refractivity contribution in [3.8, 4) is 0 Å². The van der Waals surface area contributed by atoms with Crippen LogP contribution >= 0.6 is 0 Å². The first-order valence-electron chi connectivity index (χ1n) is 6.07. The van der Waals surface area contributed by atoms with Crippen LogP contribution in [0, 0.1) is 24.0 Å². The van der Waals surface area contributed by atoms with Crippen molar-refractivity contribution < 1.29 is 10.0 Å². The summed E-state index contributed by atoms with van der Waals surface area (Å²) in [6.45, 7) is 5.18. The van der Waals surface area contributed by atoms with E-state index < -0.39 is 11.0 Å². The molecular weight excluding hydrogens is 262 g/mol. The molecule has 0 bridgehead atoms. The summed E-state index contributed by atoms with van der Waals surface area (Å²) in [6.07, 6.45) is 2.37. The van der Waals surface area contributed by atoms with E-state index in [1.54, 1.807) is 27.0 Å². The maximum absolute atomic E-state index is 11.1. The lowest BCUT2D eigenvalue weighted by atomic mass is 10.1. The van der Waals surface area contributed by atoms with Gasteiger partial charge in [0, 0.05) is 11.8 Å². The minimum atomic E-state index is -0.704. The summed E-state index contributed by atoms with van der Waals surface area (Å²) in [5.74, 6) is 0. The van der Waals surface area contributed by atoms with E-state index in [1.165, 1.54) is 10.9 Å². The Morgan fingerprint density at radius 2 is 2.20 bits per heavy atom. The third-order valence-electron chi connectivity index (χ3n) is 3.05. The number of aromatic nitrogens is 4. The topological polar surface area (TPSA) is 107 Å². The summed E-state index contributed by atoms with van der Waals surface area (Å²) in [6, 6.07) is 0. The molecule has 20 heavy (non-hydrogen) atoms. The Hall–Kier alpha value is -2.35. The lowest BCUT2D eigenvalue weighted by Gasteiger charge is -2.07. The van der Waals surface area contributed by atoms with Crippen LogP contribution in [0.2, 0.25) is 0 Å². The summed E-state index contributed by atoms with van der Waals surface area (Å²) < 4.78 is 1.50. The molecule has 0 aliphatic rings. The molecule has 106 valence electrons. The SMILES string of the molecule is Cc1cnc(Cn2cc(C(C)O)nn2)c(C)c1[N+](=O)[O-]. The smallest absolute Gasteiger partial charge is 0.278 e. The summed E-state index contributed by atoms with van der Waals surface area (Å²) in [4.78, 5) is 14.9. The first-order chi connectivity index (χ1) is 9.40. The van der Waals surface area contributed by atoms with Gasteiger partial charge in [-0.1, -0.05) is 5.21 Å². The molecule has 2 aromatic rings. The van der Waals surface area contributed by atoms with Crippen LogP contribution in [0.1, 0.15) is 35.5 Å². The second-order valence-corrected chi connectivity index (χ2v) is 4.64. The molecule has 0 radical (unpaired) electrons. The van der Waals surface area contributed by atoms with Gasteiger partial charge in [0.1, 0.15) is 5.69 Å². The van der Waals surface area contributed by atoms with Gasteiger partial charge in [-0.25, -0.2) is 4.68 Å². The van der Waals surface area contributed by atoms with Gasteiger partial charge < -0.3 is 5.11 Å². The third-order valence-corrected chi connectivity index (χ3v) is 3.05. The maximum atomic E-state index is 11.1. The van der Waals surface area contributed by atoms with Crippen LogP contribution in [-0.2, 0) is 6.54 Å². The Bertz CT molecular complexity index is 651. The Morgan fingerprint density at radius 1 is 1.50 bits per heavy atom. The fourth-order valence-electron chi connectivity index (χ4n) is 1.94.